The van der Waals surface area contributed by atoms with E-state index in [4.69, 9.17) is 4.74 Å². The average molecular weight is 542 g/mol. The Morgan fingerprint density at radius 2 is 1.95 bits per heavy atom. The summed E-state index contributed by atoms with van der Waals surface area (Å²) in [5.41, 5.74) is -0.834. The van der Waals surface area contributed by atoms with Crippen LogP contribution in [0.4, 0.5) is 13.2 Å². The first kappa shape index (κ1) is 30.6. The Balaban J connectivity index is 2.46. The summed E-state index contributed by atoms with van der Waals surface area (Å²) in [5.74, 6) is -2.21. The summed E-state index contributed by atoms with van der Waals surface area (Å²) in [7, 11) is 0. The minimum atomic E-state index is -4.61. The van der Waals surface area contributed by atoms with Crippen molar-refractivity contribution in [1.29, 1.82) is 0 Å². The third-order valence-corrected chi connectivity index (χ3v) is 7.39. The molecule has 10 heteroatoms. The molecule has 0 spiro atoms. The number of esters is 1. The fraction of sp³-hybridized carbons (Fsp3) is 0.556. The molecule has 0 fully saturated rings. The van der Waals surface area contributed by atoms with Crippen LogP contribution >= 0.6 is 11.3 Å². The molecule has 0 aliphatic carbocycles. The van der Waals surface area contributed by atoms with Gasteiger partial charge in [0.05, 0.1) is 11.8 Å². The summed E-state index contributed by atoms with van der Waals surface area (Å²) in [6.45, 7) is 8.25. The summed E-state index contributed by atoms with van der Waals surface area (Å²) in [4.78, 5) is 40.8. The molecule has 0 saturated heterocycles. The number of halogens is 3. The van der Waals surface area contributed by atoms with E-state index in [0.29, 0.717) is 17.6 Å². The lowest BCUT2D eigenvalue weighted by molar-refractivity contribution is -0.148. The summed E-state index contributed by atoms with van der Waals surface area (Å²) in [6, 6.07) is 0. The van der Waals surface area contributed by atoms with E-state index in [9.17, 15) is 32.7 Å². The van der Waals surface area contributed by atoms with Crippen LogP contribution < -0.4 is 0 Å². The number of hydrogen-bond acceptors (Lipinski definition) is 7. The molecule has 0 aromatic carbocycles. The van der Waals surface area contributed by atoms with Crippen molar-refractivity contribution in [3.63, 3.8) is 0 Å². The first-order valence-electron chi connectivity index (χ1n) is 12.1. The predicted molar refractivity (Wildman–Crippen MR) is 136 cm³/mol. The molecule has 0 radical (unpaired) electrons. The molecule has 1 N–H and O–H groups in total. The van der Waals surface area contributed by atoms with Crippen molar-refractivity contribution in [3.05, 3.63) is 45.5 Å². The summed E-state index contributed by atoms with van der Waals surface area (Å²) in [6.07, 6.45) is -1.31. The normalized spacial score (nSPS) is 29.2. The zero-order chi connectivity index (χ0) is 28.0. The second-order valence-electron chi connectivity index (χ2n) is 10.1. The van der Waals surface area contributed by atoms with E-state index in [2.05, 4.69) is 4.98 Å². The summed E-state index contributed by atoms with van der Waals surface area (Å²) < 4.78 is 46.8. The molecule has 6 nitrogen and oxygen atoms in total. The molecular weight excluding hydrogens is 507 g/mol. The van der Waals surface area contributed by atoms with E-state index in [1.807, 2.05) is 0 Å². The van der Waals surface area contributed by atoms with Gasteiger partial charge in [0.25, 0.3) is 0 Å². The van der Waals surface area contributed by atoms with E-state index < -0.39 is 53.6 Å². The first-order valence-corrected chi connectivity index (χ1v) is 13.0. The fourth-order valence-electron chi connectivity index (χ4n) is 4.14. The maximum absolute atomic E-state index is 13.7. The number of ketones is 1. The number of allylic oxidation sites excluding steroid dienone is 2. The molecule has 2 rings (SSSR count). The third kappa shape index (κ3) is 8.74. The lowest BCUT2D eigenvalue weighted by atomic mass is 9.75. The molecule has 37 heavy (non-hydrogen) atoms. The summed E-state index contributed by atoms with van der Waals surface area (Å²) in [5, 5.41) is 12.5. The van der Waals surface area contributed by atoms with E-state index >= 15 is 0 Å². The predicted octanol–water partition coefficient (Wildman–Crippen LogP) is 6.12. The van der Waals surface area contributed by atoms with Gasteiger partial charge >= 0.3 is 12.1 Å². The Morgan fingerprint density at radius 1 is 1.27 bits per heavy atom. The van der Waals surface area contributed by atoms with Crippen LogP contribution in [0.15, 0.2) is 34.8 Å². The highest BCUT2D eigenvalue weighted by molar-refractivity contribution is 7.11. The van der Waals surface area contributed by atoms with Gasteiger partial charge in [-0.15, -0.1) is 11.3 Å². The van der Waals surface area contributed by atoms with Crippen molar-refractivity contribution in [1.82, 2.24) is 4.98 Å². The third-order valence-electron chi connectivity index (χ3n) is 6.60. The maximum atomic E-state index is 13.7. The van der Waals surface area contributed by atoms with Gasteiger partial charge in [0.15, 0.2) is 11.3 Å². The molecule has 1 aliphatic heterocycles. The van der Waals surface area contributed by atoms with E-state index in [0.717, 1.165) is 17.4 Å². The minimum absolute atomic E-state index is 0.122. The van der Waals surface area contributed by atoms with Gasteiger partial charge in [0.2, 0.25) is 0 Å². The topological polar surface area (TPSA) is 93.6 Å². The number of thiazole rings is 1. The van der Waals surface area contributed by atoms with Crippen molar-refractivity contribution >= 4 is 35.5 Å². The highest BCUT2D eigenvalue weighted by Gasteiger charge is 2.37. The number of carbonyl (C=O) groups is 3. The fourth-order valence-corrected chi connectivity index (χ4v) is 4.72. The zero-order valence-corrected chi connectivity index (χ0v) is 22.5. The Kier molecular flexibility index (Phi) is 10.6. The van der Waals surface area contributed by atoms with Crippen LogP contribution in [-0.2, 0) is 14.3 Å². The molecule has 1 aromatic heterocycles. The van der Waals surface area contributed by atoms with Crippen molar-refractivity contribution in [3.8, 4) is 0 Å². The van der Waals surface area contributed by atoms with Gasteiger partial charge in [-0.25, -0.2) is 4.98 Å². The van der Waals surface area contributed by atoms with Gasteiger partial charge in [0.1, 0.15) is 11.9 Å². The van der Waals surface area contributed by atoms with E-state index in [-0.39, 0.29) is 30.1 Å². The SMILES string of the molecule is C/C(=C\c1csc(C=O)n1)C1C/C=C(/C(F)(F)F)C/C=C/C(C)C(O)C(C)C(=O)C(C)(C)CCC(=O)O1. The number of aromatic nitrogens is 1. The number of aliphatic hydroxyl groups excluding tert-OH is 1. The van der Waals surface area contributed by atoms with E-state index in [1.165, 1.54) is 12.2 Å². The lowest BCUT2D eigenvalue weighted by Gasteiger charge is -2.30. The standard InChI is InChI=1S/C27H34F3NO5S/c1-16-7-6-8-19(27(28,29)30)9-10-21(17(2)13-20-15-37-22(14-32)31-20)36-23(33)11-12-26(4,5)25(35)18(3)24(16)34/h6-7,9,13-16,18,21,24,34H,8,10-12H2,1-5H3/b7-6+,17-13+,19-9+. The number of carbonyl (C=O) groups excluding carboxylic acids is 3. The molecule has 4 atom stereocenters. The molecule has 1 aromatic rings. The first-order chi connectivity index (χ1) is 17.2. The lowest BCUT2D eigenvalue weighted by Crippen LogP contribution is -2.38. The molecule has 1 aliphatic rings. The quantitative estimate of drug-likeness (QED) is 0.282. The molecule has 0 bridgehead atoms. The number of cyclic esters (lactones) is 1. The number of aldehydes is 1. The largest absolute Gasteiger partial charge is 0.457 e. The molecular formula is C27H34F3NO5S. The van der Waals surface area contributed by atoms with Gasteiger partial charge in [-0.2, -0.15) is 13.2 Å². The molecule has 0 saturated carbocycles. The molecule has 2 heterocycles. The van der Waals surface area contributed by atoms with Gasteiger partial charge in [-0.1, -0.05) is 45.9 Å². The number of aliphatic hydroxyl groups is 1. The highest BCUT2D eigenvalue weighted by atomic mass is 32.1. The number of nitrogens with zero attached hydrogens (tertiary/aromatic N) is 1. The monoisotopic (exact) mass is 541 g/mol. The zero-order valence-electron chi connectivity index (χ0n) is 21.7. The van der Waals surface area contributed by atoms with E-state index in [1.54, 1.807) is 46.1 Å². The molecule has 4 unspecified atom stereocenters. The second kappa shape index (κ2) is 12.8. The van der Waals surface area contributed by atoms with Gasteiger partial charge in [-0.3, -0.25) is 14.4 Å². The van der Waals surface area contributed by atoms with Crippen LogP contribution in [0.25, 0.3) is 6.08 Å². The molecule has 204 valence electrons. The summed E-state index contributed by atoms with van der Waals surface area (Å²) >= 11 is 1.12. The minimum Gasteiger partial charge on any atom is -0.457 e. The smallest absolute Gasteiger partial charge is 0.412 e. The Bertz CT molecular complexity index is 1070. The Hall–Kier alpha value is -2.59. The van der Waals surface area contributed by atoms with Gasteiger partial charge in [0, 0.05) is 41.0 Å². The van der Waals surface area contributed by atoms with Crippen LogP contribution in [0.2, 0.25) is 0 Å². The number of alkyl halides is 3. The number of ether oxygens (including phenoxy) is 1. The van der Waals surface area contributed by atoms with Crippen molar-refractivity contribution in [2.75, 3.05) is 0 Å². The number of rotatable bonds is 3. The van der Waals surface area contributed by atoms with Crippen LogP contribution in [0.3, 0.4) is 0 Å². The highest BCUT2D eigenvalue weighted by Crippen LogP contribution is 2.33. The Morgan fingerprint density at radius 3 is 2.54 bits per heavy atom. The van der Waals surface area contributed by atoms with Crippen molar-refractivity contribution < 1.29 is 37.4 Å². The number of hydrogen-bond donors (Lipinski definition) is 1. The van der Waals surface area contributed by atoms with Crippen molar-refractivity contribution in [2.24, 2.45) is 17.3 Å². The average Bonchev–Trinajstić information content (AvgIpc) is 3.28. The van der Waals surface area contributed by atoms with Crippen LogP contribution in [0.1, 0.15) is 75.8 Å². The van der Waals surface area contributed by atoms with Crippen molar-refractivity contribution in [2.45, 2.75) is 78.7 Å². The maximum Gasteiger partial charge on any atom is 0.412 e. The van der Waals surface area contributed by atoms with Gasteiger partial charge in [-0.05, 0) is 31.4 Å². The number of Topliss-reactive ketones (excluding diaryl/α,β-unsaturated/α-hetero) is 1. The van der Waals surface area contributed by atoms with Crippen LogP contribution in [0, 0.1) is 17.3 Å². The molecule has 0 amide bonds. The van der Waals surface area contributed by atoms with Crippen LogP contribution in [0.5, 0.6) is 0 Å². The van der Waals surface area contributed by atoms with Gasteiger partial charge < -0.3 is 9.84 Å². The second-order valence-corrected chi connectivity index (χ2v) is 11.0. The van der Waals surface area contributed by atoms with Crippen LogP contribution in [-0.4, -0.2) is 46.5 Å². The Labute approximate surface area is 219 Å².